The molecule has 0 atom stereocenters. The zero-order valence-corrected chi connectivity index (χ0v) is 65.3. The normalized spacial score (nSPS) is 12.7. The molecule has 0 saturated heterocycles. The van der Waals surface area contributed by atoms with Gasteiger partial charge in [-0.3, -0.25) is 9.13 Å². The first-order valence-corrected chi connectivity index (χ1v) is 40.5. The van der Waals surface area contributed by atoms with Gasteiger partial charge in [0.1, 0.15) is 11.3 Å². The highest BCUT2D eigenvalue weighted by atomic mass is 16.3. The molecular formula is C104H75B3N12O. The van der Waals surface area contributed by atoms with Crippen molar-refractivity contribution in [2.75, 3.05) is 28.9 Å². The SMILES string of the molecule is c1ccc(B2N(c3ccccc3)c3ccccc3N2c2ccc(-c3cc4ccccc4n3-c3ncccn3)cc2)cc1.c1ccc(B2N(c3ccccc3)c3ccccc3N2c2ccc(-c3nc4ccccc4n3-c3ccccc3)cc2)cc1.c1ccc(B2N(c3ccccc3)c3ccccc3N2c2cccc(-c3nc4ccccc4o3)c2)cc1. The third-order valence-corrected chi connectivity index (χ3v) is 22.6. The molecular weight excluding hydrogens is 1470 g/mol. The van der Waals surface area contributed by atoms with E-state index in [1.165, 1.54) is 44.8 Å². The molecule has 0 spiro atoms. The second kappa shape index (κ2) is 31.7. The molecule has 120 heavy (non-hydrogen) atoms. The fourth-order valence-electron chi connectivity index (χ4n) is 17.4. The largest absolute Gasteiger partial charge is 0.436 e. The van der Waals surface area contributed by atoms with Gasteiger partial charge < -0.3 is 33.3 Å². The van der Waals surface area contributed by atoms with Crippen LogP contribution in [0.25, 0.3) is 78.8 Å². The first-order chi connectivity index (χ1) is 59.6. The summed E-state index contributed by atoms with van der Waals surface area (Å²) in [5.74, 6) is 2.22. The minimum Gasteiger partial charge on any atom is -0.436 e. The number of anilines is 12. The Kier molecular flexibility index (Phi) is 19.0. The lowest BCUT2D eigenvalue weighted by molar-refractivity contribution is 0.620. The number of nitrogens with zero attached hydrogens (tertiary/aromatic N) is 12. The van der Waals surface area contributed by atoms with E-state index in [0.29, 0.717) is 11.8 Å². The van der Waals surface area contributed by atoms with E-state index in [1.54, 1.807) is 12.4 Å². The predicted molar refractivity (Wildman–Crippen MR) is 497 cm³/mol. The van der Waals surface area contributed by atoms with Crippen molar-refractivity contribution in [2.45, 2.75) is 0 Å². The molecule has 20 aromatic rings. The average molecular weight is 1540 g/mol. The third kappa shape index (κ3) is 13.3. The molecule has 0 fully saturated rings. The van der Waals surface area contributed by atoms with Crippen molar-refractivity contribution >= 4 is 139 Å². The first kappa shape index (κ1) is 71.8. The highest BCUT2D eigenvalue weighted by molar-refractivity contribution is 6.86. The molecule has 0 saturated carbocycles. The summed E-state index contributed by atoms with van der Waals surface area (Å²) in [5, 5.41) is 1.15. The van der Waals surface area contributed by atoms with Crippen molar-refractivity contribution in [3.63, 3.8) is 0 Å². The second-order valence-corrected chi connectivity index (χ2v) is 29.7. The molecule has 13 nitrogen and oxygen atoms in total. The molecule has 16 aromatic carbocycles. The van der Waals surface area contributed by atoms with Crippen molar-refractivity contribution < 1.29 is 4.42 Å². The van der Waals surface area contributed by atoms with Gasteiger partial charge in [0.05, 0.1) is 56.4 Å². The molecule has 0 N–H and O–H groups in total. The highest BCUT2D eigenvalue weighted by Crippen LogP contribution is 2.50. The quantitative estimate of drug-likeness (QED) is 0.0975. The van der Waals surface area contributed by atoms with Crippen LogP contribution in [0.2, 0.25) is 0 Å². The smallest absolute Gasteiger partial charge is 0.420 e. The Labute approximate surface area is 697 Å². The van der Waals surface area contributed by atoms with E-state index in [0.717, 1.165) is 107 Å². The van der Waals surface area contributed by atoms with E-state index in [2.05, 4.69) is 448 Å². The van der Waals surface area contributed by atoms with Gasteiger partial charge in [-0.1, -0.05) is 261 Å². The molecule has 0 unspecified atom stereocenters. The standard InChI is InChI=1S/C37H27BN4.C36H26BN5.C31H22BN3O/c1-4-14-29(15-5-1)38-41(31-18-8-3-9-19-31)35-22-12-13-23-36(35)42(38)32-26-24-28(25-27-32)37-39-33-20-10-11-21-34(33)40(37)30-16-6-2-7-17-30;1-3-13-29(14-4-1)37-41(30-15-5-2-6-16-30)33-18-9-10-19-34(33)42(37)31-22-20-27(21-23-31)35-26-28-12-7-8-17-32(28)40(35)36-38-24-11-25-39-36;1-3-13-24(14-4-1)32-34(25-15-5-2-6-16-25)28-19-8-9-20-29(28)35(32)26-17-11-12-23(22-26)31-33-27-18-7-10-21-30(27)36-31/h1-27H;1-26H;1-22H. The Bertz CT molecular complexity index is 6650. The molecule has 23 rings (SSSR count). The van der Waals surface area contributed by atoms with Crippen molar-refractivity contribution in [3.05, 3.63) is 455 Å². The maximum absolute atomic E-state index is 6.10. The number of aromatic nitrogens is 6. The van der Waals surface area contributed by atoms with Crippen molar-refractivity contribution in [1.29, 1.82) is 0 Å². The van der Waals surface area contributed by atoms with Crippen LogP contribution in [0.15, 0.2) is 460 Å². The summed E-state index contributed by atoms with van der Waals surface area (Å²) in [6, 6.07) is 155. The van der Waals surface area contributed by atoms with Gasteiger partial charge >= 0.3 is 20.9 Å². The molecule has 4 aromatic heterocycles. The summed E-state index contributed by atoms with van der Waals surface area (Å²) in [5.41, 5.74) is 27.6. The van der Waals surface area contributed by atoms with Crippen LogP contribution in [0, 0.1) is 0 Å². The van der Waals surface area contributed by atoms with Gasteiger partial charge in [-0.2, -0.15) is 0 Å². The van der Waals surface area contributed by atoms with Crippen LogP contribution in [-0.4, -0.2) is 50.0 Å². The summed E-state index contributed by atoms with van der Waals surface area (Å²) >= 11 is 0. The van der Waals surface area contributed by atoms with Gasteiger partial charge in [-0.05, 0) is 204 Å². The van der Waals surface area contributed by atoms with Gasteiger partial charge in [0.15, 0.2) is 5.58 Å². The number of hydrogen-bond acceptors (Lipinski definition) is 11. The van der Waals surface area contributed by atoms with Crippen molar-refractivity contribution in [1.82, 2.24) is 29.1 Å². The zero-order chi connectivity index (χ0) is 79.7. The number of benzene rings is 16. The minimum atomic E-state index is -0.0510. The summed E-state index contributed by atoms with van der Waals surface area (Å²) < 4.78 is 10.5. The monoisotopic (exact) mass is 1540 g/mol. The summed E-state index contributed by atoms with van der Waals surface area (Å²) in [6.45, 7) is -0.128. The summed E-state index contributed by atoms with van der Waals surface area (Å²) in [7, 11) is 0. The van der Waals surface area contributed by atoms with Crippen LogP contribution < -0.4 is 45.3 Å². The summed E-state index contributed by atoms with van der Waals surface area (Å²) in [4.78, 5) is 33.6. The van der Waals surface area contributed by atoms with Gasteiger partial charge in [-0.15, -0.1) is 0 Å². The molecule has 0 aliphatic carbocycles. The predicted octanol–water partition coefficient (Wildman–Crippen LogP) is 23.3. The van der Waals surface area contributed by atoms with Gasteiger partial charge in [0.2, 0.25) is 11.8 Å². The Morgan fingerprint density at radius 3 is 1.05 bits per heavy atom. The Morgan fingerprint density at radius 1 is 0.233 bits per heavy atom. The number of oxazole rings is 1. The fraction of sp³-hybridized carbons (Fsp3) is 0. The maximum atomic E-state index is 6.10. The number of fused-ring (bicyclic) bond motifs is 6. The van der Waals surface area contributed by atoms with Crippen LogP contribution in [0.4, 0.5) is 68.2 Å². The average Bonchev–Trinajstić information content (AvgIpc) is 1.57. The van der Waals surface area contributed by atoms with Crippen LogP contribution in [0.5, 0.6) is 0 Å². The van der Waals surface area contributed by atoms with Crippen molar-refractivity contribution in [3.8, 4) is 45.7 Å². The van der Waals surface area contributed by atoms with Crippen LogP contribution in [0.1, 0.15) is 0 Å². The van der Waals surface area contributed by atoms with Crippen LogP contribution >= 0.6 is 0 Å². The lowest BCUT2D eigenvalue weighted by Crippen LogP contribution is -2.53. The molecule has 566 valence electrons. The first-order valence-electron chi connectivity index (χ1n) is 40.5. The molecule has 16 heteroatoms. The topological polar surface area (TPSA) is 94.0 Å². The van der Waals surface area contributed by atoms with E-state index in [4.69, 9.17) is 14.4 Å². The van der Waals surface area contributed by atoms with E-state index in [-0.39, 0.29) is 20.9 Å². The number of hydrogen-bond donors (Lipinski definition) is 0. The lowest BCUT2D eigenvalue weighted by Gasteiger charge is -2.30. The highest BCUT2D eigenvalue weighted by Gasteiger charge is 2.46. The van der Waals surface area contributed by atoms with E-state index < -0.39 is 0 Å². The van der Waals surface area contributed by atoms with Crippen LogP contribution in [-0.2, 0) is 0 Å². The summed E-state index contributed by atoms with van der Waals surface area (Å²) in [6.07, 6.45) is 3.58. The van der Waals surface area contributed by atoms with Crippen molar-refractivity contribution in [2.24, 2.45) is 0 Å². The molecule has 0 amide bonds. The second-order valence-electron chi connectivity index (χ2n) is 29.7. The number of rotatable bonds is 14. The lowest BCUT2D eigenvalue weighted by atomic mass is 9.64. The molecule has 3 aliphatic rings. The van der Waals surface area contributed by atoms with Gasteiger partial charge in [-0.25, -0.2) is 19.9 Å². The van der Waals surface area contributed by atoms with Crippen LogP contribution in [0.3, 0.4) is 0 Å². The zero-order valence-electron chi connectivity index (χ0n) is 65.3. The Morgan fingerprint density at radius 2 is 0.592 bits per heavy atom. The molecule has 0 radical (unpaired) electrons. The molecule has 0 bridgehead atoms. The van der Waals surface area contributed by atoms with E-state index >= 15 is 0 Å². The maximum Gasteiger partial charge on any atom is 0.420 e. The molecule has 7 heterocycles. The molecule has 3 aliphatic heterocycles. The van der Waals surface area contributed by atoms with Gasteiger partial charge in [0, 0.05) is 68.7 Å². The van der Waals surface area contributed by atoms with Gasteiger partial charge in [0.25, 0.3) is 0 Å². The Balaban J connectivity index is 0.000000112. The number of imidazole rings is 1. The fourth-order valence-corrected chi connectivity index (χ4v) is 17.4. The van der Waals surface area contributed by atoms with E-state index in [1.807, 2.05) is 42.5 Å². The Hall–Kier alpha value is -15.9. The number of para-hydroxylation sites is 15. The minimum absolute atomic E-state index is 0.0363. The third-order valence-electron chi connectivity index (χ3n) is 22.6. The van der Waals surface area contributed by atoms with E-state index in [9.17, 15) is 0 Å².